The molecule has 0 radical (unpaired) electrons. The van der Waals surface area contributed by atoms with Crippen LogP contribution in [0.2, 0.25) is 0 Å². The molecule has 1 aliphatic rings. The van der Waals surface area contributed by atoms with Gasteiger partial charge in [0.15, 0.2) is 5.78 Å². The smallest absolute Gasteiger partial charge is 0.185 e. The fourth-order valence-corrected chi connectivity index (χ4v) is 1.87. The van der Waals surface area contributed by atoms with Crippen molar-refractivity contribution in [1.82, 2.24) is 0 Å². The fourth-order valence-electron chi connectivity index (χ4n) is 1.61. The van der Waals surface area contributed by atoms with Crippen molar-refractivity contribution in [2.45, 2.75) is 0 Å². The van der Waals surface area contributed by atoms with Crippen molar-refractivity contribution in [3.63, 3.8) is 0 Å². The first kappa shape index (κ1) is 12.9. The van der Waals surface area contributed by atoms with E-state index in [4.69, 9.17) is 4.74 Å². The molecule has 1 aliphatic heterocycles. The van der Waals surface area contributed by atoms with Gasteiger partial charge in [-0.15, -0.1) is 0 Å². The van der Waals surface area contributed by atoms with Gasteiger partial charge in [0.2, 0.25) is 0 Å². The summed E-state index contributed by atoms with van der Waals surface area (Å²) in [6.07, 6.45) is 3.90. The topological polar surface area (TPSA) is 43.4 Å². The number of halogens is 1. The molecule has 0 aliphatic carbocycles. The van der Waals surface area contributed by atoms with Crippen LogP contribution < -0.4 is 0 Å². The molecule has 0 bridgehead atoms. The number of rotatable bonds is 4. The van der Waals surface area contributed by atoms with Gasteiger partial charge >= 0.3 is 0 Å². The maximum atomic E-state index is 11.9. The summed E-state index contributed by atoms with van der Waals surface area (Å²) in [5, 5.41) is 0. The van der Waals surface area contributed by atoms with Gasteiger partial charge in [0.05, 0.1) is 13.2 Å². The van der Waals surface area contributed by atoms with Gasteiger partial charge in [-0.3, -0.25) is 9.59 Å². The maximum Gasteiger partial charge on any atom is 0.185 e. The van der Waals surface area contributed by atoms with Gasteiger partial charge < -0.3 is 4.74 Å². The summed E-state index contributed by atoms with van der Waals surface area (Å²) >= 11 is 3.31. The van der Waals surface area contributed by atoms with Gasteiger partial charge in [-0.05, 0) is 35.9 Å². The van der Waals surface area contributed by atoms with Crippen LogP contribution in [0.25, 0.3) is 0 Å². The third-order valence-electron chi connectivity index (χ3n) is 2.63. The molecule has 1 aromatic carbocycles. The highest BCUT2D eigenvalue weighted by Crippen LogP contribution is 2.15. The van der Waals surface area contributed by atoms with E-state index in [1.807, 2.05) is 12.1 Å². The summed E-state index contributed by atoms with van der Waals surface area (Å²) < 4.78 is 6.07. The molecule has 0 amide bonds. The van der Waals surface area contributed by atoms with E-state index >= 15 is 0 Å². The molecule has 1 heterocycles. The fraction of sp³-hybridized carbons (Fsp3) is 0.143. The van der Waals surface area contributed by atoms with Crippen LogP contribution in [0.1, 0.15) is 10.4 Å². The Hall–Kier alpha value is -1.52. The van der Waals surface area contributed by atoms with E-state index in [9.17, 15) is 9.59 Å². The largest absolute Gasteiger partial charge is 0.372 e. The van der Waals surface area contributed by atoms with Gasteiger partial charge in [0.25, 0.3) is 0 Å². The number of allylic oxidation sites excluding steroid dienone is 1. The summed E-state index contributed by atoms with van der Waals surface area (Å²) in [6, 6.07) is 7.12. The van der Waals surface area contributed by atoms with Crippen LogP contribution in [0.15, 0.2) is 52.0 Å². The van der Waals surface area contributed by atoms with Gasteiger partial charge in [0, 0.05) is 15.6 Å². The highest BCUT2D eigenvalue weighted by atomic mass is 79.9. The first-order valence-electron chi connectivity index (χ1n) is 5.43. The summed E-state index contributed by atoms with van der Waals surface area (Å²) in [6.45, 7) is 0.716. The van der Waals surface area contributed by atoms with Crippen LogP contribution in [-0.4, -0.2) is 25.3 Å². The summed E-state index contributed by atoms with van der Waals surface area (Å²) in [7, 11) is 0. The Morgan fingerprint density at radius 3 is 2.50 bits per heavy atom. The lowest BCUT2D eigenvalue weighted by atomic mass is 10.1. The minimum absolute atomic E-state index is 0.0906. The zero-order chi connectivity index (χ0) is 13.0. The maximum absolute atomic E-state index is 11.9. The second-order valence-corrected chi connectivity index (χ2v) is 4.78. The number of carbonyl (C=O) groups is 2. The van der Waals surface area contributed by atoms with E-state index in [-0.39, 0.29) is 5.78 Å². The molecular weight excluding hydrogens is 296 g/mol. The van der Waals surface area contributed by atoms with E-state index in [0.717, 1.165) is 16.3 Å². The summed E-state index contributed by atoms with van der Waals surface area (Å²) in [4.78, 5) is 22.6. The Kier molecular flexibility index (Phi) is 4.23. The molecule has 3 nitrogen and oxygen atoms in total. The molecule has 4 heteroatoms. The Balaban J connectivity index is 2.12. The van der Waals surface area contributed by atoms with Crippen LogP contribution in [0.4, 0.5) is 0 Å². The normalized spacial score (nSPS) is 15.4. The van der Waals surface area contributed by atoms with Crippen LogP contribution in [-0.2, 0) is 9.53 Å². The SMILES string of the molecule is O=CC1=C(/C=C/C(=O)c2ccc(Br)cc2)COC1. The monoisotopic (exact) mass is 306 g/mol. The molecule has 0 atom stereocenters. The summed E-state index contributed by atoms with van der Waals surface area (Å²) in [5.41, 5.74) is 1.99. The second-order valence-electron chi connectivity index (χ2n) is 3.87. The Bertz CT molecular complexity index is 526. The third kappa shape index (κ3) is 3.03. The zero-order valence-corrected chi connectivity index (χ0v) is 11.1. The van der Waals surface area contributed by atoms with Gasteiger partial charge in [-0.25, -0.2) is 0 Å². The lowest BCUT2D eigenvalue weighted by Crippen LogP contribution is -1.94. The average Bonchev–Trinajstić information content (AvgIpc) is 2.84. The van der Waals surface area contributed by atoms with Crippen LogP contribution in [0.5, 0.6) is 0 Å². The minimum atomic E-state index is -0.0906. The molecule has 2 rings (SSSR count). The number of hydrogen-bond donors (Lipinski definition) is 0. The Morgan fingerprint density at radius 2 is 1.83 bits per heavy atom. The third-order valence-corrected chi connectivity index (χ3v) is 3.16. The zero-order valence-electron chi connectivity index (χ0n) is 9.56. The predicted octanol–water partition coefficient (Wildman–Crippen LogP) is 2.71. The van der Waals surface area contributed by atoms with Gasteiger partial charge in [-0.1, -0.05) is 22.0 Å². The molecule has 0 spiro atoms. The summed E-state index contributed by atoms with van der Waals surface area (Å²) in [5.74, 6) is -0.0906. The van der Waals surface area contributed by atoms with E-state index in [1.54, 1.807) is 18.2 Å². The predicted molar refractivity (Wildman–Crippen MR) is 71.5 cm³/mol. The van der Waals surface area contributed by atoms with Crippen molar-refractivity contribution in [3.05, 3.63) is 57.6 Å². The van der Waals surface area contributed by atoms with Crippen molar-refractivity contribution in [3.8, 4) is 0 Å². The standard InChI is InChI=1S/C14H11BrO3/c15-13-4-1-10(2-5-13)14(17)6-3-11-8-18-9-12(11)7-16/h1-7H,8-9H2/b6-3+. The minimum Gasteiger partial charge on any atom is -0.372 e. The second kappa shape index (κ2) is 5.89. The molecule has 18 heavy (non-hydrogen) atoms. The van der Waals surface area contributed by atoms with Crippen molar-refractivity contribution in [2.24, 2.45) is 0 Å². The molecule has 1 aromatic rings. The van der Waals surface area contributed by atoms with E-state index < -0.39 is 0 Å². The molecule has 0 aromatic heterocycles. The van der Waals surface area contributed by atoms with Crippen LogP contribution >= 0.6 is 15.9 Å². The van der Waals surface area contributed by atoms with Crippen molar-refractivity contribution >= 4 is 28.0 Å². The molecular formula is C14H11BrO3. The molecule has 92 valence electrons. The average molecular weight is 307 g/mol. The first-order valence-corrected chi connectivity index (χ1v) is 6.23. The van der Waals surface area contributed by atoms with Gasteiger partial charge in [-0.2, -0.15) is 0 Å². The quantitative estimate of drug-likeness (QED) is 0.488. The number of ether oxygens (including phenoxy) is 1. The van der Waals surface area contributed by atoms with E-state index in [0.29, 0.717) is 24.4 Å². The molecule has 0 saturated carbocycles. The number of ketones is 1. The Morgan fingerprint density at radius 1 is 1.17 bits per heavy atom. The van der Waals surface area contributed by atoms with Crippen LogP contribution in [0.3, 0.4) is 0 Å². The van der Waals surface area contributed by atoms with Crippen LogP contribution in [0, 0.1) is 0 Å². The first-order chi connectivity index (χ1) is 8.70. The van der Waals surface area contributed by atoms with Crippen molar-refractivity contribution < 1.29 is 14.3 Å². The highest BCUT2D eigenvalue weighted by Gasteiger charge is 2.12. The number of benzene rings is 1. The van der Waals surface area contributed by atoms with Crippen molar-refractivity contribution in [1.29, 1.82) is 0 Å². The molecule has 0 saturated heterocycles. The molecule has 0 fully saturated rings. The lowest BCUT2D eigenvalue weighted by molar-refractivity contribution is -0.105. The number of aldehydes is 1. The van der Waals surface area contributed by atoms with Gasteiger partial charge in [0.1, 0.15) is 6.29 Å². The van der Waals surface area contributed by atoms with E-state index in [1.165, 1.54) is 6.08 Å². The molecule has 0 N–H and O–H groups in total. The number of carbonyl (C=O) groups excluding carboxylic acids is 2. The lowest BCUT2D eigenvalue weighted by Gasteiger charge is -1.96. The number of hydrogen-bond acceptors (Lipinski definition) is 3. The van der Waals surface area contributed by atoms with Crippen molar-refractivity contribution in [2.75, 3.05) is 13.2 Å². The molecule has 0 unspecified atom stereocenters. The Labute approximate surface area is 113 Å². The highest BCUT2D eigenvalue weighted by molar-refractivity contribution is 9.10. The van der Waals surface area contributed by atoms with E-state index in [2.05, 4.69) is 15.9 Å².